The number of anilines is 2. The highest BCUT2D eigenvalue weighted by atomic mass is 19.4. The maximum atomic E-state index is 13.8. The van der Waals surface area contributed by atoms with Crippen molar-refractivity contribution in [1.29, 1.82) is 0 Å². The van der Waals surface area contributed by atoms with E-state index in [4.69, 9.17) is 0 Å². The molecule has 0 unspecified atom stereocenters. The van der Waals surface area contributed by atoms with Gasteiger partial charge in [0, 0.05) is 13.1 Å². The topological polar surface area (TPSA) is 23.6 Å². The second kappa shape index (κ2) is 10.8. The van der Waals surface area contributed by atoms with Crippen LogP contribution in [0.2, 0.25) is 0 Å². The van der Waals surface area contributed by atoms with Gasteiger partial charge in [0.05, 0.1) is 22.5 Å². The fourth-order valence-corrected chi connectivity index (χ4v) is 3.55. The highest BCUT2D eigenvalue weighted by Gasteiger charge is 2.34. The Morgan fingerprint density at radius 1 is 0.743 bits per heavy atom. The highest BCUT2D eigenvalue weighted by Crippen LogP contribution is 2.37. The SMILES string of the molecule is CCCCN(Cc1ccccc1)C(=O)N(c1cccc(C(F)(F)F)c1)c1cccc(C(F)(F)F)c1. The summed E-state index contributed by atoms with van der Waals surface area (Å²) in [7, 11) is 0. The van der Waals surface area contributed by atoms with Crippen LogP contribution in [-0.2, 0) is 18.9 Å². The van der Waals surface area contributed by atoms with Gasteiger partial charge in [0.25, 0.3) is 0 Å². The summed E-state index contributed by atoms with van der Waals surface area (Å²) in [6.45, 7) is 2.34. The van der Waals surface area contributed by atoms with E-state index < -0.39 is 29.5 Å². The number of urea groups is 1. The average Bonchev–Trinajstić information content (AvgIpc) is 2.82. The monoisotopic (exact) mass is 494 g/mol. The van der Waals surface area contributed by atoms with Crippen molar-refractivity contribution in [3.05, 3.63) is 95.6 Å². The minimum absolute atomic E-state index is 0.147. The summed E-state index contributed by atoms with van der Waals surface area (Å²) < 4.78 is 80.4. The smallest absolute Gasteiger partial charge is 0.320 e. The molecule has 0 spiro atoms. The van der Waals surface area contributed by atoms with Crippen molar-refractivity contribution in [2.24, 2.45) is 0 Å². The predicted molar refractivity (Wildman–Crippen MR) is 122 cm³/mol. The third-order valence-electron chi connectivity index (χ3n) is 5.32. The lowest BCUT2D eigenvalue weighted by atomic mass is 10.1. The molecular formula is C26H24F6N2O. The van der Waals surface area contributed by atoms with Crippen molar-refractivity contribution in [3.8, 4) is 0 Å². The number of hydrogen-bond donors (Lipinski definition) is 0. The molecule has 0 saturated heterocycles. The zero-order valence-corrected chi connectivity index (χ0v) is 18.9. The van der Waals surface area contributed by atoms with E-state index in [1.807, 2.05) is 6.92 Å². The Morgan fingerprint density at radius 2 is 1.26 bits per heavy atom. The zero-order valence-electron chi connectivity index (χ0n) is 18.9. The van der Waals surface area contributed by atoms with E-state index in [9.17, 15) is 31.1 Å². The van der Waals surface area contributed by atoms with Gasteiger partial charge in [-0.25, -0.2) is 4.79 Å². The summed E-state index contributed by atoms with van der Waals surface area (Å²) in [5, 5.41) is 0. The number of carbonyl (C=O) groups excluding carboxylic acids is 1. The summed E-state index contributed by atoms with van der Waals surface area (Å²) in [6, 6.07) is 16.3. The minimum Gasteiger partial charge on any atom is -0.320 e. The number of alkyl halides is 6. The van der Waals surface area contributed by atoms with E-state index in [-0.39, 0.29) is 24.5 Å². The average molecular weight is 494 g/mol. The molecule has 2 amide bonds. The molecule has 186 valence electrons. The second-order valence-corrected chi connectivity index (χ2v) is 7.97. The first-order valence-corrected chi connectivity index (χ1v) is 11.0. The fourth-order valence-electron chi connectivity index (χ4n) is 3.55. The van der Waals surface area contributed by atoms with E-state index in [1.54, 1.807) is 30.3 Å². The van der Waals surface area contributed by atoms with E-state index in [0.29, 0.717) is 6.42 Å². The maximum absolute atomic E-state index is 13.8. The third-order valence-corrected chi connectivity index (χ3v) is 5.32. The molecule has 9 heteroatoms. The van der Waals surface area contributed by atoms with Gasteiger partial charge in [-0.1, -0.05) is 55.8 Å². The van der Waals surface area contributed by atoms with Gasteiger partial charge in [-0.2, -0.15) is 26.3 Å². The number of benzene rings is 3. The first-order valence-electron chi connectivity index (χ1n) is 11.0. The standard InChI is InChI=1S/C26H24F6N2O/c1-2-3-15-33(18-19-9-5-4-6-10-19)24(35)34(22-13-7-11-20(16-22)25(27,28)29)23-14-8-12-21(17-23)26(30,31)32/h4-14,16-17H,2-3,15,18H2,1H3. The number of halogens is 6. The van der Waals surface area contributed by atoms with Gasteiger partial charge in [-0.15, -0.1) is 0 Å². The van der Waals surface area contributed by atoms with Crippen molar-refractivity contribution in [1.82, 2.24) is 4.90 Å². The van der Waals surface area contributed by atoms with Gasteiger partial charge in [0.1, 0.15) is 0 Å². The lowest BCUT2D eigenvalue weighted by Gasteiger charge is -2.32. The lowest BCUT2D eigenvalue weighted by Crippen LogP contribution is -2.41. The molecule has 0 fully saturated rings. The van der Waals surface area contributed by atoms with E-state index in [0.717, 1.165) is 53.3 Å². The van der Waals surface area contributed by atoms with Crippen LogP contribution in [0, 0.1) is 0 Å². The van der Waals surface area contributed by atoms with Crippen LogP contribution >= 0.6 is 0 Å². The molecular weight excluding hydrogens is 470 g/mol. The molecule has 0 atom stereocenters. The molecule has 0 heterocycles. The van der Waals surface area contributed by atoms with Crippen LogP contribution in [0.1, 0.15) is 36.5 Å². The Morgan fingerprint density at radius 3 is 1.71 bits per heavy atom. The van der Waals surface area contributed by atoms with Crippen LogP contribution < -0.4 is 4.90 Å². The van der Waals surface area contributed by atoms with Crippen LogP contribution in [0.15, 0.2) is 78.9 Å². The quantitative estimate of drug-likeness (QED) is 0.303. The molecule has 3 aromatic rings. The largest absolute Gasteiger partial charge is 0.416 e. The molecule has 0 aliphatic heterocycles. The normalized spacial score (nSPS) is 11.9. The summed E-state index contributed by atoms with van der Waals surface area (Å²) in [6.07, 6.45) is -8.03. The van der Waals surface area contributed by atoms with Gasteiger partial charge in [0.15, 0.2) is 0 Å². The van der Waals surface area contributed by atoms with Crippen molar-refractivity contribution < 1.29 is 31.1 Å². The number of amides is 2. The van der Waals surface area contributed by atoms with Crippen LogP contribution in [-0.4, -0.2) is 17.5 Å². The van der Waals surface area contributed by atoms with Gasteiger partial charge in [0.2, 0.25) is 0 Å². The minimum atomic E-state index is -4.69. The Kier molecular flexibility index (Phi) is 8.09. The summed E-state index contributed by atoms with van der Waals surface area (Å²) in [5.41, 5.74) is -1.60. The lowest BCUT2D eigenvalue weighted by molar-refractivity contribution is -0.138. The highest BCUT2D eigenvalue weighted by molar-refractivity contribution is 5.99. The van der Waals surface area contributed by atoms with Gasteiger partial charge in [-0.05, 0) is 48.4 Å². The number of hydrogen-bond acceptors (Lipinski definition) is 1. The molecule has 0 saturated carbocycles. The molecule has 35 heavy (non-hydrogen) atoms. The van der Waals surface area contributed by atoms with Crippen LogP contribution in [0.4, 0.5) is 42.5 Å². The Labute approximate surface area is 199 Å². The molecule has 3 aromatic carbocycles. The van der Waals surface area contributed by atoms with Crippen molar-refractivity contribution in [2.45, 2.75) is 38.7 Å². The Balaban J connectivity index is 2.12. The first kappa shape index (κ1) is 26.1. The zero-order chi connectivity index (χ0) is 25.6. The Bertz CT molecular complexity index is 1070. The van der Waals surface area contributed by atoms with E-state index in [2.05, 4.69) is 0 Å². The number of nitrogens with zero attached hydrogens (tertiary/aromatic N) is 2. The number of carbonyl (C=O) groups is 1. The molecule has 3 rings (SSSR count). The number of rotatable bonds is 7. The summed E-state index contributed by atoms with van der Waals surface area (Å²) >= 11 is 0. The van der Waals surface area contributed by atoms with Crippen LogP contribution in [0.3, 0.4) is 0 Å². The van der Waals surface area contributed by atoms with Gasteiger partial charge < -0.3 is 4.90 Å². The Hall–Kier alpha value is -3.49. The van der Waals surface area contributed by atoms with Gasteiger partial charge in [-0.3, -0.25) is 4.90 Å². The maximum Gasteiger partial charge on any atom is 0.416 e. The predicted octanol–water partition coefficient (Wildman–Crippen LogP) is 8.28. The van der Waals surface area contributed by atoms with Crippen molar-refractivity contribution >= 4 is 17.4 Å². The molecule has 0 bridgehead atoms. The fraction of sp³-hybridized carbons (Fsp3) is 0.269. The number of unbranched alkanes of at least 4 members (excludes halogenated alkanes) is 1. The molecule has 0 aromatic heterocycles. The second-order valence-electron chi connectivity index (χ2n) is 7.97. The molecule has 0 N–H and O–H groups in total. The van der Waals surface area contributed by atoms with E-state index in [1.165, 1.54) is 17.0 Å². The summed E-state index contributed by atoms with van der Waals surface area (Å²) in [5.74, 6) is 0. The van der Waals surface area contributed by atoms with Crippen molar-refractivity contribution in [3.63, 3.8) is 0 Å². The molecule has 0 aliphatic rings. The summed E-state index contributed by atoms with van der Waals surface area (Å²) in [4.78, 5) is 16.1. The third kappa shape index (κ3) is 6.77. The van der Waals surface area contributed by atoms with E-state index >= 15 is 0 Å². The first-order chi connectivity index (χ1) is 16.5. The van der Waals surface area contributed by atoms with Gasteiger partial charge >= 0.3 is 18.4 Å². The molecule has 3 nitrogen and oxygen atoms in total. The van der Waals surface area contributed by atoms with Crippen molar-refractivity contribution in [2.75, 3.05) is 11.4 Å². The molecule has 0 aliphatic carbocycles. The van der Waals surface area contributed by atoms with Crippen LogP contribution in [0.5, 0.6) is 0 Å². The molecule has 0 radical (unpaired) electrons. The van der Waals surface area contributed by atoms with Crippen LogP contribution in [0.25, 0.3) is 0 Å².